The highest BCUT2D eigenvalue weighted by molar-refractivity contribution is 7.91. The summed E-state index contributed by atoms with van der Waals surface area (Å²) in [6.07, 6.45) is 0. The standard InChI is InChI=1S/C13H24N4O2S2/c1-4-14-10-12-11(2)9-13(20-12)21(18,19)15-17-7-5-16(3)6-8-17/h9,14-15H,4-8,10H2,1-3H3. The summed E-state index contributed by atoms with van der Waals surface area (Å²) in [5, 5.41) is 5.02. The van der Waals surface area contributed by atoms with Crippen LogP contribution in [0.4, 0.5) is 0 Å². The average molecular weight is 332 g/mol. The third kappa shape index (κ3) is 4.48. The largest absolute Gasteiger partial charge is 0.312 e. The number of rotatable bonds is 6. The molecule has 8 heteroatoms. The molecule has 1 aromatic heterocycles. The van der Waals surface area contributed by atoms with Gasteiger partial charge in [0.1, 0.15) is 4.21 Å². The van der Waals surface area contributed by atoms with Crippen LogP contribution in [0.3, 0.4) is 0 Å². The SMILES string of the molecule is CCNCc1sc(S(=O)(=O)NN2CCN(C)CC2)cc1C. The quantitative estimate of drug-likeness (QED) is 0.799. The summed E-state index contributed by atoms with van der Waals surface area (Å²) in [5.74, 6) is 0. The maximum atomic E-state index is 12.4. The molecule has 2 N–H and O–H groups in total. The van der Waals surface area contributed by atoms with Gasteiger partial charge < -0.3 is 10.2 Å². The van der Waals surface area contributed by atoms with Crippen LogP contribution in [0.1, 0.15) is 17.4 Å². The van der Waals surface area contributed by atoms with Crippen molar-refractivity contribution in [3.63, 3.8) is 0 Å². The zero-order valence-electron chi connectivity index (χ0n) is 12.8. The molecule has 1 aromatic rings. The summed E-state index contributed by atoms with van der Waals surface area (Å²) in [7, 11) is -1.41. The lowest BCUT2D eigenvalue weighted by Crippen LogP contribution is -2.52. The lowest BCUT2D eigenvalue weighted by molar-refractivity contribution is 0.135. The molecule has 120 valence electrons. The first-order chi connectivity index (χ1) is 9.92. The van der Waals surface area contributed by atoms with Crippen LogP contribution in [0.25, 0.3) is 0 Å². The maximum Gasteiger partial charge on any atom is 0.262 e. The van der Waals surface area contributed by atoms with Crippen molar-refractivity contribution >= 4 is 21.4 Å². The number of sulfonamides is 1. The van der Waals surface area contributed by atoms with Gasteiger partial charge in [0.05, 0.1) is 0 Å². The first-order valence-corrected chi connectivity index (χ1v) is 9.48. The summed E-state index contributed by atoms with van der Waals surface area (Å²) >= 11 is 1.35. The molecule has 1 aliphatic rings. The number of hydrogen-bond donors (Lipinski definition) is 2. The van der Waals surface area contributed by atoms with Gasteiger partial charge in [-0.3, -0.25) is 0 Å². The summed E-state index contributed by atoms with van der Waals surface area (Å²) < 4.78 is 25.3. The minimum atomic E-state index is -3.46. The van der Waals surface area contributed by atoms with E-state index in [1.807, 2.05) is 20.9 Å². The number of thiophene rings is 1. The highest BCUT2D eigenvalue weighted by Gasteiger charge is 2.23. The summed E-state index contributed by atoms with van der Waals surface area (Å²) in [4.78, 5) is 5.97. The summed E-state index contributed by atoms with van der Waals surface area (Å²) in [6, 6.07) is 1.76. The number of nitrogens with one attached hydrogen (secondary N) is 2. The average Bonchev–Trinajstić information content (AvgIpc) is 2.81. The van der Waals surface area contributed by atoms with Crippen molar-refractivity contribution in [2.45, 2.75) is 24.6 Å². The van der Waals surface area contributed by atoms with Crippen molar-refractivity contribution in [2.24, 2.45) is 0 Å². The van der Waals surface area contributed by atoms with Crippen molar-refractivity contribution < 1.29 is 8.42 Å². The number of nitrogens with zero attached hydrogens (tertiary/aromatic N) is 2. The van der Waals surface area contributed by atoms with Crippen LogP contribution in [0.5, 0.6) is 0 Å². The molecule has 0 radical (unpaired) electrons. The zero-order chi connectivity index (χ0) is 15.5. The smallest absolute Gasteiger partial charge is 0.262 e. The van der Waals surface area contributed by atoms with Crippen LogP contribution in [0.2, 0.25) is 0 Å². The van der Waals surface area contributed by atoms with Gasteiger partial charge in [-0.15, -0.1) is 16.2 Å². The Kier molecular flexibility index (Phi) is 5.75. The lowest BCUT2D eigenvalue weighted by atomic mass is 10.3. The Bertz CT molecular complexity index is 563. The van der Waals surface area contributed by atoms with Gasteiger partial charge >= 0.3 is 0 Å². The van der Waals surface area contributed by atoms with Crippen LogP contribution in [0.15, 0.2) is 10.3 Å². The molecule has 0 aliphatic carbocycles. The summed E-state index contributed by atoms with van der Waals surface area (Å²) in [5.41, 5.74) is 1.03. The van der Waals surface area contributed by atoms with E-state index < -0.39 is 10.0 Å². The normalized spacial score (nSPS) is 18.2. The number of aryl methyl sites for hydroxylation is 1. The van der Waals surface area contributed by atoms with E-state index in [4.69, 9.17) is 0 Å². The Hall–Kier alpha value is -0.510. The fraction of sp³-hybridized carbons (Fsp3) is 0.692. The van der Waals surface area contributed by atoms with Crippen molar-refractivity contribution in [3.8, 4) is 0 Å². The Morgan fingerprint density at radius 3 is 2.57 bits per heavy atom. The highest BCUT2D eigenvalue weighted by atomic mass is 32.2. The third-order valence-corrected chi connectivity index (χ3v) is 6.64. The molecule has 0 unspecified atom stereocenters. The predicted octanol–water partition coefficient (Wildman–Crippen LogP) is 0.607. The topological polar surface area (TPSA) is 64.7 Å². The van der Waals surface area contributed by atoms with E-state index in [0.29, 0.717) is 17.3 Å². The van der Waals surface area contributed by atoms with E-state index in [9.17, 15) is 8.42 Å². The van der Waals surface area contributed by atoms with Gasteiger partial charge in [0.15, 0.2) is 0 Å². The van der Waals surface area contributed by atoms with Crippen molar-refractivity contribution in [3.05, 3.63) is 16.5 Å². The number of hydrogen-bond acceptors (Lipinski definition) is 6. The first kappa shape index (κ1) is 16.9. The van der Waals surface area contributed by atoms with E-state index in [0.717, 1.165) is 36.6 Å². The molecule has 0 saturated carbocycles. The summed E-state index contributed by atoms with van der Waals surface area (Å²) in [6.45, 7) is 8.76. The van der Waals surface area contributed by atoms with Crippen molar-refractivity contribution in [1.29, 1.82) is 0 Å². The van der Waals surface area contributed by atoms with Crippen LogP contribution in [-0.4, -0.2) is 58.1 Å². The van der Waals surface area contributed by atoms with Gasteiger partial charge in [0.25, 0.3) is 10.0 Å². The Balaban J connectivity index is 2.05. The van der Waals surface area contributed by atoms with E-state index in [1.54, 1.807) is 11.1 Å². The van der Waals surface area contributed by atoms with Crippen molar-refractivity contribution in [1.82, 2.24) is 20.1 Å². The molecule has 2 rings (SSSR count). The van der Waals surface area contributed by atoms with Gasteiger partial charge in [-0.25, -0.2) is 13.4 Å². The molecule has 1 fully saturated rings. The fourth-order valence-corrected chi connectivity index (χ4v) is 4.82. The van der Waals surface area contributed by atoms with Crippen LogP contribution in [-0.2, 0) is 16.6 Å². The second-order valence-electron chi connectivity index (χ2n) is 5.34. The fourth-order valence-electron chi connectivity index (χ4n) is 2.15. The number of hydrazine groups is 1. The molecular weight excluding hydrogens is 308 g/mol. The maximum absolute atomic E-state index is 12.4. The monoisotopic (exact) mass is 332 g/mol. The van der Waals surface area contributed by atoms with E-state index in [2.05, 4.69) is 15.0 Å². The van der Waals surface area contributed by atoms with Gasteiger partial charge in [0, 0.05) is 37.6 Å². The van der Waals surface area contributed by atoms with E-state index in [1.165, 1.54) is 11.3 Å². The molecule has 1 saturated heterocycles. The minimum Gasteiger partial charge on any atom is -0.312 e. The lowest BCUT2D eigenvalue weighted by Gasteiger charge is -2.31. The minimum absolute atomic E-state index is 0.395. The van der Waals surface area contributed by atoms with Gasteiger partial charge in [-0.05, 0) is 32.1 Å². The Labute approximate surface area is 131 Å². The van der Waals surface area contributed by atoms with Gasteiger partial charge in [-0.1, -0.05) is 6.92 Å². The molecule has 0 spiro atoms. The van der Waals surface area contributed by atoms with Crippen LogP contribution in [0, 0.1) is 6.92 Å². The molecule has 1 aliphatic heterocycles. The van der Waals surface area contributed by atoms with Gasteiger partial charge in [0.2, 0.25) is 0 Å². The molecule has 0 amide bonds. The third-order valence-electron chi connectivity index (χ3n) is 3.55. The second-order valence-corrected chi connectivity index (χ2v) is 8.36. The Morgan fingerprint density at radius 1 is 1.29 bits per heavy atom. The molecule has 6 nitrogen and oxygen atoms in total. The highest BCUT2D eigenvalue weighted by Crippen LogP contribution is 2.26. The van der Waals surface area contributed by atoms with Crippen LogP contribution >= 0.6 is 11.3 Å². The zero-order valence-corrected chi connectivity index (χ0v) is 14.5. The Morgan fingerprint density at radius 2 is 1.95 bits per heavy atom. The van der Waals surface area contributed by atoms with Gasteiger partial charge in [-0.2, -0.15) is 0 Å². The van der Waals surface area contributed by atoms with E-state index in [-0.39, 0.29) is 0 Å². The van der Waals surface area contributed by atoms with Crippen molar-refractivity contribution in [2.75, 3.05) is 39.8 Å². The predicted molar refractivity (Wildman–Crippen MR) is 85.8 cm³/mol. The molecule has 21 heavy (non-hydrogen) atoms. The molecule has 0 bridgehead atoms. The molecular formula is C13H24N4O2S2. The van der Waals surface area contributed by atoms with E-state index >= 15 is 0 Å². The molecule has 0 atom stereocenters. The first-order valence-electron chi connectivity index (χ1n) is 7.18. The number of piperazine rings is 1. The molecule has 2 heterocycles. The number of likely N-dealkylation sites (N-methyl/N-ethyl adjacent to an activating group) is 1. The van der Waals surface area contributed by atoms with Crippen LogP contribution < -0.4 is 10.1 Å². The molecule has 0 aromatic carbocycles. The second kappa shape index (κ2) is 7.17.